The van der Waals surface area contributed by atoms with Gasteiger partial charge >= 0.3 is 0 Å². The number of hydrogen-bond donors (Lipinski definition) is 1. The Bertz CT molecular complexity index is 451. The minimum absolute atomic E-state index is 0.688. The van der Waals surface area contributed by atoms with E-state index in [4.69, 9.17) is 4.74 Å². The Morgan fingerprint density at radius 1 is 1.21 bits per heavy atom. The second-order valence-corrected chi connectivity index (χ2v) is 4.37. The van der Waals surface area contributed by atoms with E-state index in [1.165, 1.54) is 0 Å². The molecule has 0 saturated carbocycles. The minimum Gasteiger partial charge on any atom is -0.383 e. The lowest BCUT2D eigenvalue weighted by Gasteiger charge is -2.09. The molecule has 0 fully saturated rings. The van der Waals surface area contributed by atoms with Gasteiger partial charge in [-0.1, -0.05) is 0 Å². The SMILES string of the molecule is COCCNc1nccn1CCCCn1ccnc1. The van der Waals surface area contributed by atoms with E-state index in [9.17, 15) is 0 Å². The van der Waals surface area contributed by atoms with Crippen LogP contribution in [0.5, 0.6) is 0 Å². The molecule has 0 atom stereocenters. The van der Waals surface area contributed by atoms with Crippen LogP contribution in [0.2, 0.25) is 0 Å². The van der Waals surface area contributed by atoms with Gasteiger partial charge in [0.2, 0.25) is 5.95 Å². The van der Waals surface area contributed by atoms with Crippen molar-refractivity contribution in [3.8, 4) is 0 Å². The van der Waals surface area contributed by atoms with Gasteiger partial charge in [-0.15, -0.1) is 0 Å². The van der Waals surface area contributed by atoms with E-state index >= 15 is 0 Å². The lowest BCUT2D eigenvalue weighted by molar-refractivity contribution is 0.210. The number of ether oxygens (including phenoxy) is 1. The van der Waals surface area contributed by atoms with E-state index in [0.29, 0.717) is 6.61 Å². The first kappa shape index (κ1) is 13.6. The normalized spacial score (nSPS) is 10.8. The molecule has 19 heavy (non-hydrogen) atoms. The Morgan fingerprint density at radius 3 is 2.89 bits per heavy atom. The quantitative estimate of drug-likeness (QED) is 0.698. The molecule has 0 aliphatic carbocycles. The third-order valence-electron chi connectivity index (χ3n) is 2.93. The fraction of sp³-hybridized carbons (Fsp3) is 0.538. The number of anilines is 1. The number of methoxy groups -OCH3 is 1. The van der Waals surface area contributed by atoms with Crippen molar-refractivity contribution in [2.45, 2.75) is 25.9 Å². The van der Waals surface area contributed by atoms with Crippen LogP contribution >= 0.6 is 0 Å². The summed E-state index contributed by atoms with van der Waals surface area (Å²) >= 11 is 0. The van der Waals surface area contributed by atoms with Gasteiger partial charge in [0.05, 0.1) is 12.9 Å². The number of imidazole rings is 2. The summed E-state index contributed by atoms with van der Waals surface area (Å²) < 4.78 is 9.26. The number of aryl methyl sites for hydroxylation is 2. The lowest BCUT2D eigenvalue weighted by Crippen LogP contribution is -2.12. The molecule has 0 spiro atoms. The van der Waals surface area contributed by atoms with Crippen LogP contribution in [-0.4, -0.2) is 39.4 Å². The molecule has 6 heteroatoms. The van der Waals surface area contributed by atoms with Crippen molar-refractivity contribution < 1.29 is 4.74 Å². The summed E-state index contributed by atoms with van der Waals surface area (Å²) in [6.07, 6.45) is 11.7. The first-order chi connectivity index (χ1) is 9.40. The molecule has 2 heterocycles. The van der Waals surface area contributed by atoms with Crippen molar-refractivity contribution in [1.29, 1.82) is 0 Å². The monoisotopic (exact) mass is 263 g/mol. The van der Waals surface area contributed by atoms with Gasteiger partial charge in [-0.3, -0.25) is 0 Å². The number of nitrogens with zero attached hydrogens (tertiary/aromatic N) is 4. The van der Waals surface area contributed by atoms with Gasteiger partial charge in [0.15, 0.2) is 0 Å². The molecule has 0 saturated heterocycles. The summed E-state index contributed by atoms with van der Waals surface area (Å²) in [5, 5.41) is 3.26. The molecule has 6 nitrogen and oxygen atoms in total. The zero-order valence-electron chi connectivity index (χ0n) is 11.3. The molecular formula is C13H21N5O. The predicted molar refractivity (Wildman–Crippen MR) is 74.1 cm³/mol. The molecule has 1 N–H and O–H groups in total. The van der Waals surface area contributed by atoms with E-state index < -0.39 is 0 Å². The predicted octanol–water partition coefficient (Wildman–Crippen LogP) is 1.62. The van der Waals surface area contributed by atoms with Crippen LogP contribution in [0.3, 0.4) is 0 Å². The second kappa shape index (κ2) is 7.58. The average Bonchev–Trinajstić information content (AvgIpc) is 3.06. The Kier molecular flexibility index (Phi) is 5.43. The van der Waals surface area contributed by atoms with Crippen LogP contribution in [-0.2, 0) is 17.8 Å². The van der Waals surface area contributed by atoms with Gasteiger partial charge < -0.3 is 19.2 Å². The summed E-state index contributed by atoms with van der Waals surface area (Å²) in [5.74, 6) is 0.916. The fourth-order valence-corrected chi connectivity index (χ4v) is 1.92. The number of hydrogen-bond acceptors (Lipinski definition) is 4. The molecule has 0 bridgehead atoms. The van der Waals surface area contributed by atoms with Crippen molar-refractivity contribution in [3.05, 3.63) is 31.1 Å². The number of rotatable bonds is 9. The van der Waals surface area contributed by atoms with Crippen LogP contribution in [0.15, 0.2) is 31.1 Å². The number of unbranched alkanes of at least 4 members (excludes halogenated alkanes) is 1. The minimum atomic E-state index is 0.688. The summed E-state index contributed by atoms with van der Waals surface area (Å²) in [6, 6.07) is 0. The smallest absolute Gasteiger partial charge is 0.202 e. The summed E-state index contributed by atoms with van der Waals surface area (Å²) in [4.78, 5) is 8.33. The maximum absolute atomic E-state index is 5.01. The molecule has 2 rings (SSSR count). The lowest BCUT2D eigenvalue weighted by atomic mass is 10.3. The molecule has 2 aromatic rings. The van der Waals surface area contributed by atoms with Gasteiger partial charge in [-0.2, -0.15) is 0 Å². The number of aromatic nitrogens is 4. The van der Waals surface area contributed by atoms with E-state index in [1.54, 1.807) is 7.11 Å². The zero-order valence-corrected chi connectivity index (χ0v) is 11.3. The van der Waals surface area contributed by atoms with Crippen molar-refractivity contribution in [2.24, 2.45) is 0 Å². The van der Waals surface area contributed by atoms with Gasteiger partial charge in [-0.25, -0.2) is 9.97 Å². The molecule has 0 amide bonds. The molecule has 2 aromatic heterocycles. The summed E-state index contributed by atoms with van der Waals surface area (Å²) in [7, 11) is 1.70. The molecule has 0 radical (unpaired) electrons. The van der Waals surface area contributed by atoms with Crippen LogP contribution in [0.1, 0.15) is 12.8 Å². The highest BCUT2D eigenvalue weighted by Crippen LogP contribution is 2.06. The maximum Gasteiger partial charge on any atom is 0.202 e. The highest BCUT2D eigenvalue weighted by atomic mass is 16.5. The van der Waals surface area contributed by atoms with Crippen LogP contribution < -0.4 is 5.32 Å². The largest absolute Gasteiger partial charge is 0.383 e. The van der Waals surface area contributed by atoms with Crippen LogP contribution in [0.4, 0.5) is 5.95 Å². The molecule has 104 valence electrons. The topological polar surface area (TPSA) is 56.9 Å². The van der Waals surface area contributed by atoms with Crippen molar-refractivity contribution in [1.82, 2.24) is 19.1 Å². The molecule has 0 aliphatic rings. The van der Waals surface area contributed by atoms with E-state index in [1.807, 2.05) is 31.1 Å². The van der Waals surface area contributed by atoms with E-state index in [0.717, 1.165) is 38.4 Å². The van der Waals surface area contributed by atoms with Crippen molar-refractivity contribution in [2.75, 3.05) is 25.6 Å². The summed E-state index contributed by atoms with van der Waals surface area (Å²) in [5.41, 5.74) is 0. The third kappa shape index (κ3) is 4.40. The Morgan fingerprint density at radius 2 is 2.11 bits per heavy atom. The molecule has 0 unspecified atom stereocenters. The number of nitrogens with one attached hydrogen (secondary N) is 1. The van der Waals surface area contributed by atoms with Crippen molar-refractivity contribution >= 4 is 5.95 Å². The van der Waals surface area contributed by atoms with Gasteiger partial charge in [0.25, 0.3) is 0 Å². The molecular weight excluding hydrogens is 242 g/mol. The molecule has 0 aliphatic heterocycles. The average molecular weight is 263 g/mol. The Labute approximate surface area is 113 Å². The highest BCUT2D eigenvalue weighted by Gasteiger charge is 2.01. The van der Waals surface area contributed by atoms with E-state index in [2.05, 4.69) is 24.4 Å². The zero-order chi connectivity index (χ0) is 13.3. The van der Waals surface area contributed by atoms with Crippen molar-refractivity contribution in [3.63, 3.8) is 0 Å². The van der Waals surface area contributed by atoms with Gasteiger partial charge in [-0.05, 0) is 12.8 Å². The highest BCUT2D eigenvalue weighted by molar-refractivity contribution is 5.25. The van der Waals surface area contributed by atoms with E-state index in [-0.39, 0.29) is 0 Å². The standard InChI is InChI=1S/C13H21N5O/c1-19-11-6-16-13-15-5-10-18(13)8-3-2-7-17-9-4-14-12-17/h4-5,9-10,12H,2-3,6-8,11H2,1H3,(H,15,16). The van der Waals surface area contributed by atoms with Crippen LogP contribution in [0.25, 0.3) is 0 Å². The second-order valence-electron chi connectivity index (χ2n) is 4.37. The first-order valence-corrected chi connectivity index (χ1v) is 6.60. The third-order valence-corrected chi connectivity index (χ3v) is 2.93. The van der Waals surface area contributed by atoms with Gasteiger partial charge in [0.1, 0.15) is 0 Å². The Hall–Kier alpha value is -1.82. The maximum atomic E-state index is 5.01. The first-order valence-electron chi connectivity index (χ1n) is 6.60. The summed E-state index contributed by atoms with van der Waals surface area (Å²) in [6.45, 7) is 3.46. The Balaban J connectivity index is 1.69. The van der Waals surface area contributed by atoms with Gasteiger partial charge in [0, 0.05) is 51.5 Å². The fourth-order valence-electron chi connectivity index (χ4n) is 1.92. The molecule has 0 aromatic carbocycles. The van der Waals surface area contributed by atoms with Crippen LogP contribution in [0, 0.1) is 0 Å².